The van der Waals surface area contributed by atoms with Crippen LogP contribution in [0.3, 0.4) is 0 Å². The minimum absolute atomic E-state index is 0.0781. The van der Waals surface area contributed by atoms with Crippen molar-refractivity contribution in [1.29, 1.82) is 0 Å². The number of nitrogens with two attached hydrogens (primary N) is 1. The number of hydrogen-bond acceptors (Lipinski definition) is 5. The van der Waals surface area contributed by atoms with Crippen LogP contribution in [0.15, 0.2) is 29.7 Å². The smallest absolute Gasteiger partial charge is 0.212 e. The summed E-state index contributed by atoms with van der Waals surface area (Å²) in [5.41, 5.74) is 5.33. The van der Waals surface area contributed by atoms with Crippen molar-refractivity contribution in [3.63, 3.8) is 0 Å². The fourth-order valence-electron chi connectivity index (χ4n) is 1.61. The van der Waals surface area contributed by atoms with E-state index in [1.807, 2.05) is 0 Å². The molecule has 0 fully saturated rings. The summed E-state index contributed by atoms with van der Waals surface area (Å²) in [6, 6.07) is 3.52. The van der Waals surface area contributed by atoms with E-state index < -0.39 is 15.6 Å². The molecule has 0 spiro atoms. The zero-order valence-corrected chi connectivity index (χ0v) is 12.4. The zero-order chi connectivity index (χ0) is 15.2. The Hall–Kier alpha value is -1.67. The highest BCUT2D eigenvalue weighted by atomic mass is 32.2. The Kier molecular flexibility index (Phi) is 5.46. The predicted octanol–water partition coefficient (Wildman–Crippen LogP) is 0.459. The monoisotopic (exact) mass is 300 g/mol. The summed E-state index contributed by atoms with van der Waals surface area (Å²) in [7, 11) is -3.55. The lowest BCUT2D eigenvalue weighted by Gasteiger charge is -2.27. The minimum Gasteiger partial charge on any atom is -0.409 e. The Morgan fingerprint density at radius 3 is 2.60 bits per heavy atom. The first-order valence-electron chi connectivity index (χ1n) is 6.21. The molecule has 0 aliphatic carbocycles. The molecular weight excluding hydrogens is 280 g/mol. The van der Waals surface area contributed by atoms with Crippen molar-refractivity contribution in [3.8, 4) is 0 Å². The lowest BCUT2D eigenvalue weighted by molar-refractivity contribution is 0.310. The highest BCUT2D eigenvalue weighted by Crippen LogP contribution is 2.12. The third kappa shape index (κ3) is 4.46. The van der Waals surface area contributed by atoms with Gasteiger partial charge in [0.05, 0.1) is 11.3 Å². The van der Waals surface area contributed by atoms with Gasteiger partial charge in [-0.05, 0) is 37.5 Å². The van der Waals surface area contributed by atoms with Crippen molar-refractivity contribution in [2.75, 3.05) is 5.75 Å². The van der Waals surface area contributed by atoms with Gasteiger partial charge >= 0.3 is 0 Å². The maximum Gasteiger partial charge on any atom is 0.212 e. The van der Waals surface area contributed by atoms with Crippen molar-refractivity contribution in [2.45, 2.75) is 32.2 Å². The third-order valence-electron chi connectivity index (χ3n) is 3.17. The molecule has 1 aromatic rings. The van der Waals surface area contributed by atoms with Crippen molar-refractivity contribution in [1.82, 2.24) is 9.71 Å². The van der Waals surface area contributed by atoms with Crippen LogP contribution >= 0.6 is 0 Å². The van der Waals surface area contributed by atoms with Crippen molar-refractivity contribution in [3.05, 3.63) is 30.1 Å². The number of amidine groups is 1. The third-order valence-corrected chi connectivity index (χ3v) is 4.67. The van der Waals surface area contributed by atoms with Crippen molar-refractivity contribution < 1.29 is 13.6 Å². The maximum absolute atomic E-state index is 12.1. The van der Waals surface area contributed by atoms with Gasteiger partial charge in [-0.3, -0.25) is 4.98 Å². The fourth-order valence-corrected chi connectivity index (χ4v) is 3.15. The van der Waals surface area contributed by atoms with Gasteiger partial charge < -0.3 is 10.9 Å². The maximum atomic E-state index is 12.1. The van der Waals surface area contributed by atoms with E-state index in [1.54, 1.807) is 38.4 Å². The molecule has 0 aromatic carbocycles. The first-order valence-corrected chi connectivity index (χ1v) is 7.87. The van der Waals surface area contributed by atoms with Crippen LogP contribution < -0.4 is 10.5 Å². The lowest BCUT2D eigenvalue weighted by Crippen LogP contribution is -2.55. The molecule has 8 heteroatoms. The molecule has 7 nitrogen and oxygen atoms in total. The second kappa shape index (κ2) is 6.67. The van der Waals surface area contributed by atoms with E-state index in [9.17, 15) is 8.42 Å². The Morgan fingerprint density at radius 2 is 2.10 bits per heavy atom. The average Bonchev–Trinajstić information content (AvgIpc) is 2.45. The zero-order valence-electron chi connectivity index (χ0n) is 11.6. The SMILES string of the molecule is CCC(C)(NS(=O)(=O)CCc1ccncc1)/C(N)=N/O. The molecule has 0 radical (unpaired) electrons. The topological polar surface area (TPSA) is 118 Å². The predicted molar refractivity (Wildman–Crippen MR) is 77.0 cm³/mol. The fraction of sp³-hybridized carbons (Fsp3) is 0.500. The Labute approximate surface area is 118 Å². The molecule has 112 valence electrons. The normalized spacial score (nSPS) is 15.8. The molecule has 1 rings (SSSR count). The van der Waals surface area contributed by atoms with E-state index in [4.69, 9.17) is 10.9 Å². The number of pyridine rings is 1. The summed E-state index contributed by atoms with van der Waals surface area (Å²) in [6.45, 7) is 3.33. The Balaban J connectivity index is 2.75. The standard InChI is InChI=1S/C12H20N4O3S/c1-3-12(2,11(13)15-17)16-20(18,19)9-6-10-4-7-14-8-5-10/h4-5,7-8,16-17H,3,6,9H2,1-2H3,(H2,13,15). The van der Waals surface area contributed by atoms with Crippen LogP contribution in [0.5, 0.6) is 0 Å². The number of rotatable bonds is 7. The van der Waals surface area contributed by atoms with Gasteiger partial charge in [-0.15, -0.1) is 0 Å². The van der Waals surface area contributed by atoms with Crippen LogP contribution in [-0.2, 0) is 16.4 Å². The number of nitrogens with one attached hydrogen (secondary N) is 1. The molecule has 0 amide bonds. The van der Waals surface area contributed by atoms with Gasteiger partial charge in [-0.25, -0.2) is 13.1 Å². The van der Waals surface area contributed by atoms with E-state index in [2.05, 4.69) is 14.9 Å². The van der Waals surface area contributed by atoms with Crippen LogP contribution in [0.2, 0.25) is 0 Å². The molecule has 1 heterocycles. The molecule has 1 unspecified atom stereocenters. The molecule has 0 saturated heterocycles. The molecule has 0 bridgehead atoms. The molecule has 4 N–H and O–H groups in total. The highest BCUT2D eigenvalue weighted by Gasteiger charge is 2.32. The van der Waals surface area contributed by atoms with E-state index in [0.29, 0.717) is 12.8 Å². The highest BCUT2D eigenvalue weighted by molar-refractivity contribution is 7.89. The average molecular weight is 300 g/mol. The van der Waals surface area contributed by atoms with Crippen LogP contribution in [0.4, 0.5) is 0 Å². The first-order chi connectivity index (χ1) is 9.33. The van der Waals surface area contributed by atoms with Gasteiger partial charge in [0.2, 0.25) is 10.0 Å². The molecule has 0 aliphatic rings. The van der Waals surface area contributed by atoms with Crippen molar-refractivity contribution in [2.24, 2.45) is 10.9 Å². The minimum atomic E-state index is -3.55. The summed E-state index contributed by atoms with van der Waals surface area (Å²) in [5, 5.41) is 11.6. The molecule has 1 atom stereocenters. The summed E-state index contributed by atoms with van der Waals surface area (Å²) < 4.78 is 26.6. The number of hydrogen-bond donors (Lipinski definition) is 3. The summed E-state index contributed by atoms with van der Waals surface area (Å²) in [4.78, 5) is 3.87. The van der Waals surface area contributed by atoms with E-state index in [1.165, 1.54) is 0 Å². The number of sulfonamides is 1. The van der Waals surface area contributed by atoms with E-state index >= 15 is 0 Å². The number of oxime groups is 1. The van der Waals surface area contributed by atoms with Gasteiger partial charge in [0.1, 0.15) is 0 Å². The lowest BCUT2D eigenvalue weighted by atomic mass is 10.00. The second-order valence-corrected chi connectivity index (χ2v) is 6.54. The first kappa shape index (κ1) is 16.4. The van der Waals surface area contributed by atoms with E-state index in [0.717, 1.165) is 5.56 Å². The van der Waals surface area contributed by atoms with Crippen LogP contribution in [0.1, 0.15) is 25.8 Å². The van der Waals surface area contributed by atoms with E-state index in [-0.39, 0.29) is 11.6 Å². The summed E-state index contributed by atoms with van der Waals surface area (Å²) in [6.07, 6.45) is 3.97. The van der Waals surface area contributed by atoms with Crippen LogP contribution in [0.25, 0.3) is 0 Å². The van der Waals surface area contributed by atoms with Gasteiger partial charge in [0.25, 0.3) is 0 Å². The number of aromatic nitrogens is 1. The van der Waals surface area contributed by atoms with Gasteiger partial charge in [0, 0.05) is 12.4 Å². The molecular formula is C12H20N4O3S. The number of nitrogens with zero attached hydrogens (tertiary/aromatic N) is 2. The van der Waals surface area contributed by atoms with Crippen molar-refractivity contribution >= 4 is 15.9 Å². The molecule has 0 saturated carbocycles. The van der Waals surface area contributed by atoms with Crippen LogP contribution in [0, 0.1) is 0 Å². The van der Waals surface area contributed by atoms with Crippen LogP contribution in [-0.4, -0.2) is 35.7 Å². The van der Waals surface area contributed by atoms with Gasteiger partial charge in [-0.2, -0.15) is 0 Å². The Bertz CT molecular complexity index is 559. The van der Waals surface area contributed by atoms with Gasteiger partial charge in [0.15, 0.2) is 5.84 Å². The Morgan fingerprint density at radius 1 is 1.50 bits per heavy atom. The second-order valence-electron chi connectivity index (χ2n) is 4.70. The molecule has 0 aliphatic heterocycles. The molecule has 1 aromatic heterocycles. The quantitative estimate of drug-likeness (QED) is 0.292. The summed E-state index contributed by atoms with van der Waals surface area (Å²) in [5.74, 6) is -0.238. The van der Waals surface area contributed by atoms with Gasteiger partial charge in [-0.1, -0.05) is 12.1 Å². The number of aryl methyl sites for hydroxylation is 1. The molecule has 20 heavy (non-hydrogen) atoms. The summed E-state index contributed by atoms with van der Waals surface area (Å²) >= 11 is 0. The largest absolute Gasteiger partial charge is 0.409 e.